The van der Waals surface area contributed by atoms with Crippen molar-refractivity contribution in [3.8, 4) is 11.5 Å². The number of carbonyl (C=O) groups excluding carboxylic acids is 3. The molecule has 8 heteroatoms. The van der Waals surface area contributed by atoms with Crippen molar-refractivity contribution in [3.05, 3.63) is 23.8 Å². The maximum Gasteiger partial charge on any atom is 0.338 e. The van der Waals surface area contributed by atoms with Gasteiger partial charge >= 0.3 is 5.97 Å². The van der Waals surface area contributed by atoms with E-state index in [1.807, 2.05) is 6.92 Å². The predicted octanol–water partition coefficient (Wildman–Crippen LogP) is 1.24. The summed E-state index contributed by atoms with van der Waals surface area (Å²) in [5, 5.41) is 2.62. The van der Waals surface area contributed by atoms with Crippen molar-refractivity contribution in [1.29, 1.82) is 0 Å². The highest BCUT2D eigenvalue weighted by atomic mass is 16.5. The van der Waals surface area contributed by atoms with Gasteiger partial charge in [-0.25, -0.2) is 4.79 Å². The number of hydrogen-bond donors (Lipinski definition) is 1. The van der Waals surface area contributed by atoms with Gasteiger partial charge in [0.15, 0.2) is 18.1 Å². The van der Waals surface area contributed by atoms with Gasteiger partial charge in [-0.15, -0.1) is 0 Å². The molecule has 0 unspecified atom stereocenters. The molecule has 0 aliphatic heterocycles. The fourth-order valence-electron chi connectivity index (χ4n) is 2.18. The van der Waals surface area contributed by atoms with Gasteiger partial charge in [-0.3, -0.25) is 9.59 Å². The summed E-state index contributed by atoms with van der Waals surface area (Å²) in [5.74, 6) is -0.437. The van der Waals surface area contributed by atoms with E-state index in [0.29, 0.717) is 31.2 Å². The Morgan fingerprint density at radius 3 is 2.42 bits per heavy atom. The van der Waals surface area contributed by atoms with Crippen LogP contribution in [0.25, 0.3) is 0 Å². The van der Waals surface area contributed by atoms with Crippen LogP contribution in [0.1, 0.15) is 31.1 Å². The molecule has 26 heavy (non-hydrogen) atoms. The van der Waals surface area contributed by atoms with Crippen molar-refractivity contribution >= 4 is 17.8 Å². The summed E-state index contributed by atoms with van der Waals surface area (Å²) < 4.78 is 15.6. The van der Waals surface area contributed by atoms with Gasteiger partial charge in [0.05, 0.1) is 25.8 Å². The standard InChI is InChI=1S/C18H26N2O6/c1-5-19-16(21)11-20(6-2)17(22)12-26-18(23)13-8-9-14(24-4)15(10-13)25-7-3/h8-10H,5-7,11-12H2,1-4H3,(H,19,21). The van der Waals surface area contributed by atoms with E-state index in [0.717, 1.165) is 0 Å². The van der Waals surface area contributed by atoms with Gasteiger partial charge in [0.1, 0.15) is 0 Å². The van der Waals surface area contributed by atoms with Gasteiger partial charge in [-0.05, 0) is 39.0 Å². The first-order valence-corrected chi connectivity index (χ1v) is 8.49. The van der Waals surface area contributed by atoms with Crippen LogP contribution in [0.5, 0.6) is 11.5 Å². The third kappa shape index (κ3) is 6.27. The fraction of sp³-hybridized carbons (Fsp3) is 0.500. The number of carbonyl (C=O) groups is 3. The Morgan fingerprint density at radius 1 is 1.12 bits per heavy atom. The zero-order valence-electron chi connectivity index (χ0n) is 15.7. The number of ether oxygens (including phenoxy) is 3. The van der Waals surface area contributed by atoms with Crippen LogP contribution in [0, 0.1) is 0 Å². The van der Waals surface area contributed by atoms with Crippen molar-refractivity contribution in [3.63, 3.8) is 0 Å². The van der Waals surface area contributed by atoms with E-state index in [-0.39, 0.29) is 18.0 Å². The van der Waals surface area contributed by atoms with E-state index >= 15 is 0 Å². The summed E-state index contributed by atoms with van der Waals surface area (Å²) >= 11 is 0. The predicted molar refractivity (Wildman–Crippen MR) is 95.4 cm³/mol. The van der Waals surface area contributed by atoms with E-state index in [9.17, 15) is 14.4 Å². The number of methoxy groups -OCH3 is 1. The van der Waals surface area contributed by atoms with Gasteiger partial charge in [0, 0.05) is 13.1 Å². The lowest BCUT2D eigenvalue weighted by molar-refractivity contribution is -0.138. The molecule has 0 radical (unpaired) electrons. The monoisotopic (exact) mass is 366 g/mol. The van der Waals surface area contributed by atoms with Gasteiger partial charge in [-0.1, -0.05) is 0 Å². The third-order valence-electron chi connectivity index (χ3n) is 3.47. The topological polar surface area (TPSA) is 94.2 Å². The van der Waals surface area contributed by atoms with Gasteiger partial charge in [-0.2, -0.15) is 0 Å². The molecule has 0 aliphatic rings. The molecule has 0 saturated heterocycles. The van der Waals surface area contributed by atoms with E-state index in [1.165, 1.54) is 24.1 Å². The highest BCUT2D eigenvalue weighted by molar-refractivity contribution is 5.92. The van der Waals surface area contributed by atoms with Crippen LogP contribution in [-0.4, -0.2) is 62.6 Å². The molecule has 0 fully saturated rings. The average molecular weight is 366 g/mol. The first-order chi connectivity index (χ1) is 12.5. The molecule has 0 aromatic heterocycles. The maximum absolute atomic E-state index is 12.2. The Balaban J connectivity index is 2.68. The maximum atomic E-state index is 12.2. The quantitative estimate of drug-likeness (QED) is 0.626. The summed E-state index contributed by atoms with van der Waals surface area (Å²) in [6.45, 7) is 6.08. The molecule has 1 aromatic rings. The molecule has 1 rings (SSSR count). The number of amides is 2. The SMILES string of the molecule is CCNC(=O)CN(CC)C(=O)COC(=O)c1ccc(OC)c(OCC)c1. The molecule has 0 heterocycles. The molecule has 144 valence electrons. The first-order valence-electron chi connectivity index (χ1n) is 8.49. The van der Waals surface area contributed by atoms with Crippen LogP contribution in [0.4, 0.5) is 0 Å². The largest absolute Gasteiger partial charge is 0.493 e. The van der Waals surface area contributed by atoms with Crippen molar-refractivity contribution < 1.29 is 28.6 Å². The Bertz CT molecular complexity index is 632. The Hall–Kier alpha value is -2.77. The highest BCUT2D eigenvalue weighted by Crippen LogP contribution is 2.28. The second kappa shape index (κ2) is 11.0. The summed E-state index contributed by atoms with van der Waals surface area (Å²) in [7, 11) is 1.50. The number of likely N-dealkylation sites (N-methyl/N-ethyl adjacent to an activating group) is 2. The van der Waals surface area contributed by atoms with E-state index in [1.54, 1.807) is 19.9 Å². The highest BCUT2D eigenvalue weighted by Gasteiger charge is 2.18. The molecule has 0 spiro atoms. The van der Waals surface area contributed by atoms with E-state index in [4.69, 9.17) is 14.2 Å². The lowest BCUT2D eigenvalue weighted by atomic mass is 10.2. The smallest absolute Gasteiger partial charge is 0.338 e. The average Bonchev–Trinajstić information content (AvgIpc) is 2.64. The summed E-state index contributed by atoms with van der Waals surface area (Å²) in [6.07, 6.45) is 0. The second-order valence-corrected chi connectivity index (χ2v) is 5.24. The zero-order chi connectivity index (χ0) is 19.5. The van der Waals surface area contributed by atoms with Crippen LogP contribution in [0.2, 0.25) is 0 Å². The summed E-state index contributed by atoms with van der Waals surface area (Å²) in [5.41, 5.74) is 0.244. The summed E-state index contributed by atoms with van der Waals surface area (Å²) in [4.78, 5) is 37.2. The Morgan fingerprint density at radius 2 is 1.85 bits per heavy atom. The molecule has 1 N–H and O–H groups in total. The van der Waals surface area contributed by atoms with Crippen molar-refractivity contribution in [2.75, 3.05) is 40.0 Å². The van der Waals surface area contributed by atoms with Crippen LogP contribution >= 0.6 is 0 Å². The number of hydrogen-bond acceptors (Lipinski definition) is 6. The molecule has 0 aliphatic carbocycles. The van der Waals surface area contributed by atoms with Crippen molar-refractivity contribution in [2.45, 2.75) is 20.8 Å². The van der Waals surface area contributed by atoms with Crippen molar-refractivity contribution in [2.24, 2.45) is 0 Å². The molecule has 0 saturated carbocycles. The lowest BCUT2D eigenvalue weighted by Gasteiger charge is -2.20. The van der Waals surface area contributed by atoms with E-state index in [2.05, 4.69) is 5.32 Å². The molecule has 1 aromatic carbocycles. The Kier molecular flexibility index (Phi) is 8.97. The Labute approximate surface area is 153 Å². The third-order valence-corrected chi connectivity index (χ3v) is 3.47. The number of nitrogens with one attached hydrogen (secondary N) is 1. The van der Waals surface area contributed by atoms with Crippen LogP contribution in [0.3, 0.4) is 0 Å². The van der Waals surface area contributed by atoms with Gasteiger partial charge < -0.3 is 24.4 Å². The number of rotatable bonds is 10. The normalized spacial score (nSPS) is 10.0. The zero-order valence-corrected chi connectivity index (χ0v) is 15.7. The summed E-state index contributed by atoms with van der Waals surface area (Å²) in [6, 6.07) is 4.62. The molecule has 0 atom stereocenters. The van der Waals surface area contributed by atoms with Crippen LogP contribution < -0.4 is 14.8 Å². The molecular formula is C18H26N2O6. The second-order valence-electron chi connectivity index (χ2n) is 5.24. The van der Waals surface area contributed by atoms with Gasteiger partial charge in [0.25, 0.3) is 5.91 Å². The van der Waals surface area contributed by atoms with Crippen molar-refractivity contribution in [1.82, 2.24) is 10.2 Å². The molecular weight excluding hydrogens is 340 g/mol. The number of nitrogens with zero attached hydrogens (tertiary/aromatic N) is 1. The lowest BCUT2D eigenvalue weighted by Crippen LogP contribution is -2.42. The van der Waals surface area contributed by atoms with Gasteiger partial charge in [0.2, 0.25) is 5.91 Å². The molecule has 2 amide bonds. The van der Waals surface area contributed by atoms with Crippen LogP contribution in [-0.2, 0) is 14.3 Å². The minimum absolute atomic E-state index is 0.0717. The number of benzene rings is 1. The fourth-order valence-corrected chi connectivity index (χ4v) is 2.18. The minimum Gasteiger partial charge on any atom is -0.493 e. The first kappa shape index (κ1) is 21.3. The number of esters is 1. The molecule has 0 bridgehead atoms. The van der Waals surface area contributed by atoms with Crippen LogP contribution in [0.15, 0.2) is 18.2 Å². The molecule has 8 nitrogen and oxygen atoms in total. The van der Waals surface area contributed by atoms with E-state index < -0.39 is 18.5 Å². The minimum atomic E-state index is -0.656.